The molecule has 0 radical (unpaired) electrons. The summed E-state index contributed by atoms with van der Waals surface area (Å²) in [5.74, 6) is 0.983. The Kier molecular flexibility index (Phi) is 5.25. The molecule has 0 amide bonds. The van der Waals surface area contributed by atoms with Crippen LogP contribution in [0.4, 0.5) is 0 Å². The number of hydrogen-bond donors (Lipinski definition) is 1. The van der Waals surface area contributed by atoms with Gasteiger partial charge in [0.1, 0.15) is 0 Å². The first-order chi connectivity index (χ1) is 6.83. The predicted octanol–water partition coefficient (Wildman–Crippen LogP) is 1.65. The monoisotopic (exact) mass is 209 g/mol. The van der Waals surface area contributed by atoms with E-state index in [9.17, 15) is 0 Å². The molecule has 1 heterocycles. The third-order valence-corrected chi connectivity index (χ3v) is 2.43. The predicted molar refractivity (Wildman–Crippen MR) is 60.6 cm³/mol. The van der Waals surface area contributed by atoms with Crippen molar-refractivity contribution in [3.63, 3.8) is 0 Å². The summed E-state index contributed by atoms with van der Waals surface area (Å²) in [5, 5.41) is 4.07. The maximum absolute atomic E-state index is 4.20. The van der Waals surface area contributed by atoms with E-state index in [0.29, 0.717) is 0 Å². The summed E-state index contributed by atoms with van der Waals surface area (Å²) in [6.07, 6.45) is 5.53. The molecule has 0 aliphatic carbocycles. The number of aromatic nitrogens is 2. The molecule has 0 aliphatic heterocycles. The molecule has 0 atom stereocenters. The lowest BCUT2D eigenvalue weighted by molar-refractivity contribution is 0.805. The van der Waals surface area contributed by atoms with Gasteiger partial charge in [-0.05, 0) is 12.5 Å². The molecule has 1 N–H and O–H groups in total. The summed E-state index contributed by atoms with van der Waals surface area (Å²) in [4.78, 5) is 8.40. The second-order valence-corrected chi connectivity index (χ2v) is 3.95. The quantitative estimate of drug-likeness (QED) is 0.334. The molecule has 0 saturated heterocycles. The molecular weight excluding hydrogens is 194 g/mol. The minimum absolute atomic E-state index is 0.844. The van der Waals surface area contributed by atoms with Gasteiger partial charge in [0.05, 0.1) is 0 Å². The Balaban J connectivity index is 2.18. The van der Waals surface area contributed by atoms with Gasteiger partial charge in [-0.15, -0.1) is 6.58 Å². The molecule has 4 heteroatoms. The van der Waals surface area contributed by atoms with E-state index >= 15 is 0 Å². The van der Waals surface area contributed by atoms with Crippen LogP contribution in [0.25, 0.3) is 0 Å². The van der Waals surface area contributed by atoms with Crippen LogP contribution < -0.4 is 5.32 Å². The highest BCUT2D eigenvalue weighted by molar-refractivity contribution is 7.99. The van der Waals surface area contributed by atoms with Crippen LogP contribution in [-0.4, -0.2) is 28.8 Å². The first-order valence-electron chi connectivity index (χ1n) is 4.56. The Morgan fingerprint density at radius 1 is 1.50 bits per heavy atom. The fourth-order valence-corrected chi connectivity index (χ4v) is 1.56. The van der Waals surface area contributed by atoms with Crippen LogP contribution in [0.2, 0.25) is 0 Å². The average molecular weight is 209 g/mol. The fourth-order valence-electron chi connectivity index (χ4n) is 0.874. The van der Waals surface area contributed by atoms with E-state index in [2.05, 4.69) is 21.9 Å². The van der Waals surface area contributed by atoms with Gasteiger partial charge < -0.3 is 5.32 Å². The van der Waals surface area contributed by atoms with Gasteiger partial charge in [-0.1, -0.05) is 17.8 Å². The molecule has 0 spiro atoms. The highest BCUT2D eigenvalue weighted by Crippen LogP contribution is 2.10. The lowest BCUT2D eigenvalue weighted by Gasteiger charge is -2.00. The van der Waals surface area contributed by atoms with Crippen molar-refractivity contribution in [2.45, 2.75) is 12.1 Å². The standard InChI is InChI=1S/C10H15N3S/c1-3-4-11-5-6-14-10-12-7-9(2)8-13-10/h3,7-8,11H,1,4-6H2,2H3. The van der Waals surface area contributed by atoms with E-state index in [1.54, 1.807) is 11.8 Å². The van der Waals surface area contributed by atoms with Gasteiger partial charge in [0, 0.05) is 31.2 Å². The molecule has 0 bridgehead atoms. The molecule has 76 valence electrons. The summed E-state index contributed by atoms with van der Waals surface area (Å²) < 4.78 is 0. The van der Waals surface area contributed by atoms with Crippen molar-refractivity contribution in [1.29, 1.82) is 0 Å². The number of hydrogen-bond acceptors (Lipinski definition) is 4. The maximum atomic E-state index is 4.20. The molecule has 0 unspecified atom stereocenters. The fraction of sp³-hybridized carbons (Fsp3) is 0.400. The highest BCUT2D eigenvalue weighted by atomic mass is 32.2. The van der Waals surface area contributed by atoms with Crippen molar-refractivity contribution in [3.05, 3.63) is 30.6 Å². The van der Waals surface area contributed by atoms with Gasteiger partial charge in [-0.25, -0.2) is 9.97 Å². The Morgan fingerprint density at radius 2 is 2.21 bits per heavy atom. The van der Waals surface area contributed by atoms with Gasteiger partial charge in [-0.2, -0.15) is 0 Å². The zero-order chi connectivity index (χ0) is 10.2. The van der Waals surface area contributed by atoms with Gasteiger partial charge >= 0.3 is 0 Å². The molecule has 14 heavy (non-hydrogen) atoms. The van der Waals surface area contributed by atoms with E-state index in [-0.39, 0.29) is 0 Å². The molecule has 0 saturated carbocycles. The number of aryl methyl sites for hydroxylation is 1. The first-order valence-corrected chi connectivity index (χ1v) is 5.54. The summed E-state index contributed by atoms with van der Waals surface area (Å²) in [6.45, 7) is 7.43. The van der Waals surface area contributed by atoms with E-state index in [4.69, 9.17) is 0 Å². The third kappa shape index (κ3) is 4.39. The molecule has 1 aromatic heterocycles. The minimum atomic E-state index is 0.844. The maximum Gasteiger partial charge on any atom is 0.187 e. The van der Waals surface area contributed by atoms with Crippen LogP contribution in [0.1, 0.15) is 5.56 Å². The van der Waals surface area contributed by atoms with Gasteiger partial charge in [0.15, 0.2) is 5.16 Å². The third-order valence-electron chi connectivity index (χ3n) is 1.56. The second kappa shape index (κ2) is 6.56. The molecular formula is C10H15N3S. The number of rotatable bonds is 6. The van der Waals surface area contributed by atoms with Crippen LogP contribution >= 0.6 is 11.8 Å². The van der Waals surface area contributed by atoms with Crippen molar-refractivity contribution in [1.82, 2.24) is 15.3 Å². The first kappa shape index (κ1) is 11.2. The SMILES string of the molecule is C=CCNCCSc1ncc(C)cn1. The Bertz CT molecular complexity index is 271. The smallest absolute Gasteiger partial charge is 0.187 e. The summed E-state index contributed by atoms with van der Waals surface area (Å²) >= 11 is 1.66. The zero-order valence-corrected chi connectivity index (χ0v) is 9.18. The van der Waals surface area contributed by atoms with Crippen molar-refractivity contribution in [2.75, 3.05) is 18.8 Å². The number of nitrogens with zero attached hydrogens (tertiary/aromatic N) is 2. The Hall–Kier alpha value is -0.870. The summed E-state index contributed by atoms with van der Waals surface area (Å²) in [5.41, 5.74) is 1.10. The molecule has 1 rings (SSSR count). The largest absolute Gasteiger partial charge is 0.312 e. The summed E-state index contributed by atoms with van der Waals surface area (Å²) in [7, 11) is 0. The van der Waals surface area contributed by atoms with Gasteiger partial charge in [0.25, 0.3) is 0 Å². The van der Waals surface area contributed by atoms with Crippen LogP contribution in [-0.2, 0) is 0 Å². The second-order valence-electron chi connectivity index (χ2n) is 2.88. The zero-order valence-electron chi connectivity index (χ0n) is 8.36. The average Bonchev–Trinajstić information content (AvgIpc) is 2.21. The van der Waals surface area contributed by atoms with Crippen molar-refractivity contribution in [2.24, 2.45) is 0 Å². The van der Waals surface area contributed by atoms with E-state index in [0.717, 1.165) is 29.6 Å². The van der Waals surface area contributed by atoms with Crippen molar-refractivity contribution >= 4 is 11.8 Å². The Morgan fingerprint density at radius 3 is 2.86 bits per heavy atom. The highest BCUT2D eigenvalue weighted by Gasteiger charge is 1.95. The lowest BCUT2D eigenvalue weighted by Crippen LogP contribution is -2.16. The van der Waals surface area contributed by atoms with Crippen LogP contribution in [0, 0.1) is 6.92 Å². The van der Waals surface area contributed by atoms with Crippen LogP contribution in [0.5, 0.6) is 0 Å². The molecule has 0 aromatic carbocycles. The van der Waals surface area contributed by atoms with Gasteiger partial charge in [0.2, 0.25) is 0 Å². The lowest BCUT2D eigenvalue weighted by atomic mass is 10.4. The molecule has 3 nitrogen and oxygen atoms in total. The van der Waals surface area contributed by atoms with Crippen LogP contribution in [0.3, 0.4) is 0 Å². The summed E-state index contributed by atoms with van der Waals surface area (Å²) in [6, 6.07) is 0. The molecule has 0 fully saturated rings. The van der Waals surface area contributed by atoms with Gasteiger partial charge in [-0.3, -0.25) is 0 Å². The normalized spacial score (nSPS) is 10.1. The Labute approximate surface area is 89.0 Å². The topological polar surface area (TPSA) is 37.8 Å². The van der Waals surface area contributed by atoms with Crippen molar-refractivity contribution < 1.29 is 0 Å². The number of thioether (sulfide) groups is 1. The van der Waals surface area contributed by atoms with E-state index < -0.39 is 0 Å². The minimum Gasteiger partial charge on any atom is -0.312 e. The van der Waals surface area contributed by atoms with E-state index in [1.807, 2.05) is 25.4 Å². The van der Waals surface area contributed by atoms with Crippen LogP contribution in [0.15, 0.2) is 30.2 Å². The number of nitrogens with one attached hydrogen (secondary N) is 1. The van der Waals surface area contributed by atoms with Crippen molar-refractivity contribution in [3.8, 4) is 0 Å². The molecule has 0 aliphatic rings. The molecule has 1 aromatic rings. The van der Waals surface area contributed by atoms with E-state index in [1.165, 1.54) is 0 Å².